The number of benzene rings is 2. The molecule has 0 saturated heterocycles. The van der Waals surface area contributed by atoms with Gasteiger partial charge >= 0.3 is 0 Å². The molecule has 3 aromatic rings. The number of phenols is 1. The van der Waals surface area contributed by atoms with Crippen LogP contribution in [-0.2, 0) is 0 Å². The fourth-order valence-corrected chi connectivity index (χ4v) is 1.98. The summed E-state index contributed by atoms with van der Waals surface area (Å²) in [5.74, 6) is 1.69. The predicted octanol–water partition coefficient (Wildman–Crippen LogP) is 3.74. The zero-order chi connectivity index (χ0) is 13.9. The fraction of sp³-hybridized carbons (Fsp3) is 0.0625. The molecule has 1 aromatic heterocycles. The number of pyridine rings is 1. The van der Waals surface area contributed by atoms with Gasteiger partial charge in [0.25, 0.3) is 0 Å². The second-order valence-corrected chi connectivity index (χ2v) is 4.27. The predicted molar refractivity (Wildman–Crippen MR) is 76.5 cm³/mol. The highest BCUT2D eigenvalue weighted by Crippen LogP contribution is 2.33. The van der Waals surface area contributed by atoms with Crippen molar-refractivity contribution < 1.29 is 14.6 Å². The molecule has 3 rings (SSSR count). The SMILES string of the molecule is COc1ccc2c(Oc3ccccc3O)nccc2c1. The van der Waals surface area contributed by atoms with E-state index in [1.165, 1.54) is 0 Å². The van der Waals surface area contributed by atoms with E-state index in [1.807, 2.05) is 24.3 Å². The number of phenolic OH excluding ortho intramolecular Hbond substituents is 1. The van der Waals surface area contributed by atoms with E-state index in [9.17, 15) is 5.11 Å². The Morgan fingerprint density at radius 2 is 1.90 bits per heavy atom. The van der Waals surface area contributed by atoms with Crippen molar-refractivity contribution in [1.82, 2.24) is 4.98 Å². The van der Waals surface area contributed by atoms with Crippen molar-refractivity contribution in [3.63, 3.8) is 0 Å². The molecule has 1 heterocycles. The number of methoxy groups -OCH3 is 1. The van der Waals surface area contributed by atoms with Gasteiger partial charge in [-0.05, 0) is 41.8 Å². The lowest BCUT2D eigenvalue weighted by atomic mass is 10.1. The maximum atomic E-state index is 9.75. The van der Waals surface area contributed by atoms with E-state index in [4.69, 9.17) is 9.47 Å². The third-order valence-corrected chi connectivity index (χ3v) is 3.01. The molecule has 0 aliphatic rings. The van der Waals surface area contributed by atoms with Crippen LogP contribution in [0.1, 0.15) is 0 Å². The summed E-state index contributed by atoms with van der Waals surface area (Å²) in [6.07, 6.45) is 1.66. The molecule has 1 N–H and O–H groups in total. The summed E-state index contributed by atoms with van der Waals surface area (Å²) in [7, 11) is 1.63. The molecule has 0 fully saturated rings. The van der Waals surface area contributed by atoms with Crippen LogP contribution >= 0.6 is 0 Å². The highest BCUT2D eigenvalue weighted by Gasteiger charge is 2.08. The summed E-state index contributed by atoms with van der Waals surface area (Å²) >= 11 is 0. The van der Waals surface area contributed by atoms with Crippen LogP contribution in [-0.4, -0.2) is 17.2 Å². The molecule has 0 aliphatic carbocycles. The normalized spacial score (nSPS) is 10.4. The van der Waals surface area contributed by atoms with Crippen molar-refractivity contribution in [3.05, 3.63) is 54.7 Å². The monoisotopic (exact) mass is 267 g/mol. The lowest BCUT2D eigenvalue weighted by Gasteiger charge is -2.09. The van der Waals surface area contributed by atoms with Gasteiger partial charge in [0.15, 0.2) is 11.5 Å². The highest BCUT2D eigenvalue weighted by atomic mass is 16.5. The van der Waals surface area contributed by atoms with Crippen LogP contribution < -0.4 is 9.47 Å². The summed E-state index contributed by atoms with van der Waals surface area (Å²) < 4.78 is 10.9. The largest absolute Gasteiger partial charge is 0.504 e. The van der Waals surface area contributed by atoms with Gasteiger partial charge in [-0.2, -0.15) is 0 Å². The minimum atomic E-state index is 0.0832. The van der Waals surface area contributed by atoms with E-state index in [0.29, 0.717) is 11.6 Å². The second-order valence-electron chi connectivity index (χ2n) is 4.27. The van der Waals surface area contributed by atoms with Gasteiger partial charge < -0.3 is 14.6 Å². The van der Waals surface area contributed by atoms with Crippen LogP contribution in [0.4, 0.5) is 0 Å². The molecule has 100 valence electrons. The minimum absolute atomic E-state index is 0.0832. The number of para-hydroxylation sites is 2. The van der Waals surface area contributed by atoms with Crippen molar-refractivity contribution in [3.8, 4) is 23.1 Å². The highest BCUT2D eigenvalue weighted by molar-refractivity contribution is 5.88. The molecule has 0 spiro atoms. The molecule has 0 unspecified atom stereocenters. The maximum Gasteiger partial charge on any atom is 0.227 e. The van der Waals surface area contributed by atoms with E-state index in [1.54, 1.807) is 37.6 Å². The molecule has 4 heteroatoms. The van der Waals surface area contributed by atoms with Crippen LogP contribution in [0.15, 0.2) is 54.7 Å². The number of nitrogens with zero attached hydrogens (tertiary/aromatic N) is 1. The smallest absolute Gasteiger partial charge is 0.227 e. The second kappa shape index (κ2) is 5.09. The molecule has 0 aliphatic heterocycles. The Morgan fingerprint density at radius 3 is 2.70 bits per heavy atom. The molecule has 0 saturated carbocycles. The van der Waals surface area contributed by atoms with Crippen molar-refractivity contribution in [1.29, 1.82) is 0 Å². The lowest BCUT2D eigenvalue weighted by molar-refractivity contribution is 0.405. The summed E-state index contributed by atoms with van der Waals surface area (Å²) in [5.41, 5.74) is 0. The first-order valence-corrected chi connectivity index (χ1v) is 6.16. The summed E-state index contributed by atoms with van der Waals surface area (Å²) in [6, 6.07) is 14.3. The lowest BCUT2D eigenvalue weighted by Crippen LogP contribution is -1.90. The Labute approximate surface area is 116 Å². The van der Waals surface area contributed by atoms with E-state index in [-0.39, 0.29) is 5.75 Å². The first kappa shape index (κ1) is 12.3. The molecule has 0 radical (unpaired) electrons. The van der Waals surface area contributed by atoms with Gasteiger partial charge in [-0.1, -0.05) is 12.1 Å². The molecule has 0 atom stereocenters. The van der Waals surface area contributed by atoms with Gasteiger partial charge in [0.05, 0.1) is 7.11 Å². The number of aromatic hydroxyl groups is 1. The van der Waals surface area contributed by atoms with E-state index >= 15 is 0 Å². The van der Waals surface area contributed by atoms with Crippen LogP contribution in [0.5, 0.6) is 23.1 Å². The van der Waals surface area contributed by atoms with Crippen molar-refractivity contribution in [2.24, 2.45) is 0 Å². The van der Waals surface area contributed by atoms with Gasteiger partial charge in [0.2, 0.25) is 5.88 Å². The molecule has 2 aromatic carbocycles. The minimum Gasteiger partial charge on any atom is -0.504 e. The number of ether oxygens (including phenoxy) is 2. The molecular weight excluding hydrogens is 254 g/mol. The molecule has 0 amide bonds. The Hall–Kier alpha value is -2.75. The quantitative estimate of drug-likeness (QED) is 0.785. The maximum absolute atomic E-state index is 9.75. The van der Waals surface area contributed by atoms with Crippen LogP contribution in [0, 0.1) is 0 Å². The van der Waals surface area contributed by atoms with Gasteiger partial charge in [0, 0.05) is 11.6 Å². The van der Waals surface area contributed by atoms with Crippen LogP contribution in [0.3, 0.4) is 0 Å². The number of rotatable bonds is 3. The zero-order valence-electron chi connectivity index (χ0n) is 10.9. The van der Waals surface area contributed by atoms with Crippen molar-refractivity contribution >= 4 is 10.8 Å². The van der Waals surface area contributed by atoms with Gasteiger partial charge in [-0.15, -0.1) is 0 Å². The van der Waals surface area contributed by atoms with E-state index in [0.717, 1.165) is 16.5 Å². The first-order chi connectivity index (χ1) is 9.78. The number of hydrogen-bond donors (Lipinski definition) is 1. The fourth-order valence-electron chi connectivity index (χ4n) is 1.98. The Balaban J connectivity index is 2.06. The average Bonchev–Trinajstić information content (AvgIpc) is 2.49. The molecule has 0 bridgehead atoms. The van der Waals surface area contributed by atoms with Crippen molar-refractivity contribution in [2.75, 3.05) is 7.11 Å². The molecular formula is C16H13NO3. The Kier molecular flexibility index (Phi) is 3.13. The van der Waals surface area contributed by atoms with Gasteiger partial charge in [-0.25, -0.2) is 4.98 Å². The number of aromatic nitrogens is 1. The summed E-state index contributed by atoms with van der Waals surface area (Å²) in [5, 5.41) is 11.6. The average molecular weight is 267 g/mol. The molecule has 4 nitrogen and oxygen atoms in total. The zero-order valence-corrected chi connectivity index (χ0v) is 10.9. The first-order valence-electron chi connectivity index (χ1n) is 6.16. The number of hydrogen-bond acceptors (Lipinski definition) is 4. The topological polar surface area (TPSA) is 51.6 Å². The molecule has 20 heavy (non-hydrogen) atoms. The summed E-state index contributed by atoms with van der Waals surface area (Å²) in [4.78, 5) is 4.22. The summed E-state index contributed by atoms with van der Waals surface area (Å²) in [6.45, 7) is 0. The standard InChI is InChI=1S/C16H13NO3/c1-19-12-6-7-13-11(10-12)8-9-17-16(13)20-15-5-3-2-4-14(15)18/h2-10,18H,1H3. The van der Waals surface area contributed by atoms with Crippen molar-refractivity contribution in [2.45, 2.75) is 0 Å². The van der Waals surface area contributed by atoms with E-state index < -0.39 is 0 Å². The number of fused-ring (bicyclic) bond motifs is 1. The Bertz CT molecular complexity index is 756. The van der Waals surface area contributed by atoms with Crippen LogP contribution in [0.25, 0.3) is 10.8 Å². The van der Waals surface area contributed by atoms with Gasteiger partial charge in [0.1, 0.15) is 5.75 Å². The Morgan fingerprint density at radius 1 is 1.05 bits per heavy atom. The van der Waals surface area contributed by atoms with Gasteiger partial charge in [-0.3, -0.25) is 0 Å². The third kappa shape index (κ3) is 2.23. The van der Waals surface area contributed by atoms with Crippen LogP contribution in [0.2, 0.25) is 0 Å². The van der Waals surface area contributed by atoms with E-state index in [2.05, 4.69) is 4.98 Å². The third-order valence-electron chi connectivity index (χ3n) is 3.01.